The molecule has 0 aliphatic carbocycles. The van der Waals surface area contributed by atoms with E-state index in [0.717, 1.165) is 12.1 Å². The van der Waals surface area contributed by atoms with E-state index >= 15 is 0 Å². The van der Waals surface area contributed by atoms with Crippen LogP contribution in [-0.2, 0) is 25.5 Å². The highest BCUT2D eigenvalue weighted by Gasteiger charge is 2.43. The van der Waals surface area contributed by atoms with Crippen molar-refractivity contribution in [3.05, 3.63) is 34.9 Å². The van der Waals surface area contributed by atoms with E-state index in [1.165, 1.54) is 20.1 Å². The molecule has 0 aliphatic heterocycles. The largest absolute Gasteiger partial charge is 0.465 e. The van der Waals surface area contributed by atoms with Crippen LogP contribution in [-0.4, -0.2) is 25.7 Å². The van der Waals surface area contributed by atoms with Gasteiger partial charge in [-0.25, -0.2) is 9.59 Å². The molecule has 1 aromatic rings. The summed E-state index contributed by atoms with van der Waals surface area (Å²) in [4.78, 5) is 22.7. The number of benzene rings is 1. The van der Waals surface area contributed by atoms with Crippen molar-refractivity contribution in [3.8, 4) is 0 Å². The molecule has 0 unspecified atom stereocenters. The van der Waals surface area contributed by atoms with Gasteiger partial charge in [-0.1, -0.05) is 22.0 Å². The van der Waals surface area contributed by atoms with Crippen molar-refractivity contribution in [1.29, 1.82) is 0 Å². The first-order valence-corrected chi connectivity index (χ1v) is 6.83. The Morgan fingerprint density at radius 1 is 1.35 bits per heavy atom. The molecule has 7 heteroatoms. The zero-order chi connectivity index (χ0) is 15.3. The predicted octanol–water partition coefficient (Wildman–Crippen LogP) is 3.02. The third kappa shape index (κ3) is 3.33. The van der Waals surface area contributed by atoms with Crippen LogP contribution in [0.4, 0.5) is 8.78 Å². The highest BCUT2D eigenvalue weighted by atomic mass is 79.9. The van der Waals surface area contributed by atoms with Gasteiger partial charge < -0.3 is 9.47 Å². The van der Waals surface area contributed by atoms with Crippen molar-refractivity contribution in [3.63, 3.8) is 0 Å². The maximum atomic E-state index is 13.9. The molecule has 1 aromatic carbocycles. The number of carbonyl (C=O) groups is 2. The van der Waals surface area contributed by atoms with Gasteiger partial charge >= 0.3 is 17.9 Å². The highest BCUT2D eigenvalue weighted by Crippen LogP contribution is 2.31. The van der Waals surface area contributed by atoms with E-state index in [9.17, 15) is 18.4 Å². The smallest absolute Gasteiger partial charge is 0.381 e. The summed E-state index contributed by atoms with van der Waals surface area (Å²) in [7, 11) is 1.20. The van der Waals surface area contributed by atoms with Gasteiger partial charge in [0.25, 0.3) is 0 Å². The van der Waals surface area contributed by atoms with E-state index in [4.69, 9.17) is 0 Å². The molecule has 4 nitrogen and oxygen atoms in total. The number of hydrogen-bond acceptors (Lipinski definition) is 4. The van der Waals surface area contributed by atoms with E-state index in [-0.39, 0.29) is 17.5 Å². The van der Waals surface area contributed by atoms with Crippen molar-refractivity contribution in [2.24, 2.45) is 0 Å². The standard InChI is InChI=1S/C13H13BrF2O4/c1-3-20-12(18)13(15,16)9-4-5-10(11(17)19-2)8(6-9)7-14/h4-6H,3,7H2,1-2H3. The highest BCUT2D eigenvalue weighted by molar-refractivity contribution is 9.08. The molecule has 0 atom stereocenters. The molecular weight excluding hydrogens is 338 g/mol. The average Bonchev–Trinajstić information content (AvgIpc) is 2.45. The summed E-state index contributed by atoms with van der Waals surface area (Å²) in [6.45, 7) is 1.30. The monoisotopic (exact) mass is 350 g/mol. The fourth-order valence-electron chi connectivity index (χ4n) is 1.55. The van der Waals surface area contributed by atoms with Gasteiger partial charge in [-0.2, -0.15) is 8.78 Å². The molecule has 0 bridgehead atoms. The Bertz CT molecular complexity index is 517. The molecule has 0 saturated carbocycles. The summed E-state index contributed by atoms with van der Waals surface area (Å²) in [6, 6.07) is 3.29. The van der Waals surface area contributed by atoms with Crippen molar-refractivity contribution < 1.29 is 27.8 Å². The normalized spacial score (nSPS) is 11.1. The second kappa shape index (κ2) is 6.78. The van der Waals surface area contributed by atoms with Crippen LogP contribution in [0.15, 0.2) is 18.2 Å². The number of hydrogen-bond donors (Lipinski definition) is 0. The van der Waals surface area contributed by atoms with Crippen LogP contribution in [0.3, 0.4) is 0 Å². The molecule has 0 radical (unpaired) electrons. The number of carbonyl (C=O) groups excluding carboxylic acids is 2. The summed E-state index contributed by atoms with van der Waals surface area (Å²) in [5.74, 6) is -6.02. The van der Waals surface area contributed by atoms with Gasteiger partial charge in [0, 0.05) is 10.9 Å². The molecule has 0 aromatic heterocycles. The lowest BCUT2D eigenvalue weighted by Gasteiger charge is -2.16. The number of esters is 2. The molecule has 0 aliphatic rings. The Morgan fingerprint density at radius 3 is 2.50 bits per heavy atom. The maximum Gasteiger partial charge on any atom is 0.381 e. The van der Waals surface area contributed by atoms with Gasteiger partial charge in [0.15, 0.2) is 0 Å². The first kappa shape index (κ1) is 16.6. The number of halogens is 3. The molecule has 20 heavy (non-hydrogen) atoms. The maximum absolute atomic E-state index is 13.9. The van der Waals surface area contributed by atoms with Crippen LogP contribution >= 0.6 is 15.9 Å². The second-order valence-corrected chi connectivity index (χ2v) is 4.35. The van der Waals surface area contributed by atoms with Crippen LogP contribution in [0, 0.1) is 0 Å². The van der Waals surface area contributed by atoms with Crippen molar-refractivity contribution in [2.45, 2.75) is 18.2 Å². The van der Waals surface area contributed by atoms with Gasteiger partial charge in [0.1, 0.15) is 0 Å². The number of ether oxygens (including phenoxy) is 2. The Balaban J connectivity index is 3.21. The quantitative estimate of drug-likeness (QED) is 0.605. The molecule has 110 valence electrons. The first-order chi connectivity index (χ1) is 9.38. The van der Waals surface area contributed by atoms with E-state index < -0.39 is 23.4 Å². The topological polar surface area (TPSA) is 52.6 Å². The summed E-state index contributed by atoms with van der Waals surface area (Å²) in [5.41, 5.74) is -0.0656. The third-order valence-corrected chi connectivity index (χ3v) is 3.15. The van der Waals surface area contributed by atoms with E-state index in [1.807, 2.05) is 0 Å². The van der Waals surface area contributed by atoms with Gasteiger partial charge in [0.05, 0.1) is 19.3 Å². The van der Waals surface area contributed by atoms with Crippen molar-refractivity contribution in [2.75, 3.05) is 13.7 Å². The van der Waals surface area contributed by atoms with Crippen LogP contribution in [0.25, 0.3) is 0 Å². The van der Waals surface area contributed by atoms with Crippen molar-refractivity contribution >= 4 is 27.9 Å². The summed E-state index contributed by atoms with van der Waals surface area (Å²) < 4.78 is 36.6. The molecule has 0 heterocycles. The minimum absolute atomic E-state index is 0.139. The zero-order valence-corrected chi connectivity index (χ0v) is 12.5. The number of alkyl halides is 3. The van der Waals surface area contributed by atoms with E-state index in [1.54, 1.807) is 0 Å². The van der Waals surface area contributed by atoms with Crippen molar-refractivity contribution in [1.82, 2.24) is 0 Å². The first-order valence-electron chi connectivity index (χ1n) is 5.71. The number of methoxy groups -OCH3 is 1. The second-order valence-electron chi connectivity index (χ2n) is 3.79. The summed E-state index contributed by atoms with van der Waals surface area (Å²) in [6.07, 6.45) is 0. The lowest BCUT2D eigenvalue weighted by Crippen LogP contribution is -2.28. The molecule has 0 N–H and O–H groups in total. The Labute approximate surface area is 123 Å². The zero-order valence-electron chi connectivity index (χ0n) is 10.9. The minimum Gasteiger partial charge on any atom is -0.465 e. The van der Waals surface area contributed by atoms with E-state index in [0.29, 0.717) is 5.56 Å². The van der Waals surface area contributed by atoms with Gasteiger partial charge in [0.2, 0.25) is 0 Å². The molecule has 0 fully saturated rings. The SMILES string of the molecule is CCOC(=O)C(F)(F)c1ccc(C(=O)OC)c(CBr)c1. The average molecular weight is 351 g/mol. The minimum atomic E-state index is -3.76. The molecule has 0 amide bonds. The summed E-state index contributed by atoms with van der Waals surface area (Å²) >= 11 is 3.11. The van der Waals surface area contributed by atoms with Crippen LogP contribution in [0.1, 0.15) is 28.4 Å². The fraction of sp³-hybridized carbons (Fsp3) is 0.385. The van der Waals surface area contributed by atoms with Crippen LogP contribution in [0.2, 0.25) is 0 Å². The predicted molar refractivity (Wildman–Crippen MR) is 70.9 cm³/mol. The van der Waals surface area contributed by atoms with Gasteiger partial charge in [-0.05, 0) is 24.6 Å². The molecule has 0 spiro atoms. The van der Waals surface area contributed by atoms with Gasteiger partial charge in [-0.3, -0.25) is 0 Å². The lowest BCUT2D eigenvalue weighted by molar-refractivity contribution is -0.173. The Hall–Kier alpha value is -1.50. The fourth-order valence-corrected chi connectivity index (χ4v) is 2.01. The summed E-state index contributed by atoms with van der Waals surface area (Å²) in [5, 5.41) is 0.171. The number of rotatable bonds is 5. The van der Waals surface area contributed by atoms with Gasteiger partial charge in [-0.15, -0.1) is 0 Å². The third-order valence-electron chi connectivity index (χ3n) is 2.55. The van der Waals surface area contributed by atoms with Crippen LogP contribution < -0.4 is 0 Å². The molecule has 0 saturated heterocycles. The van der Waals surface area contributed by atoms with Crippen LogP contribution in [0.5, 0.6) is 0 Å². The van der Waals surface area contributed by atoms with E-state index in [2.05, 4.69) is 25.4 Å². The Kier molecular flexibility index (Phi) is 5.62. The molecule has 1 rings (SSSR count). The lowest BCUT2D eigenvalue weighted by atomic mass is 10.0. The Morgan fingerprint density at radius 2 is 2.00 bits per heavy atom. The molecular formula is C13H13BrF2O4.